The molecule has 0 radical (unpaired) electrons. The van der Waals surface area contributed by atoms with Crippen molar-refractivity contribution in [2.24, 2.45) is 5.92 Å². The predicted molar refractivity (Wildman–Crippen MR) is 182 cm³/mol. The molecule has 2 rings (SSSR count). The van der Waals surface area contributed by atoms with E-state index < -0.39 is 58.4 Å². The highest BCUT2D eigenvalue weighted by molar-refractivity contribution is 6.74. The normalized spacial score (nSPS) is 20.2. The third kappa shape index (κ3) is 9.72. The van der Waals surface area contributed by atoms with Crippen molar-refractivity contribution in [1.29, 1.82) is 0 Å². The molecule has 1 fully saturated rings. The van der Waals surface area contributed by atoms with Crippen LogP contribution in [-0.4, -0.2) is 82.8 Å². The number of methoxy groups -OCH3 is 1. The maximum Gasteiger partial charge on any atom is 0.416 e. The number of ether oxygens (including phenoxy) is 2. The second-order valence-electron chi connectivity index (χ2n) is 15.8. The maximum absolute atomic E-state index is 13.7. The molecule has 1 aliphatic rings. The van der Waals surface area contributed by atoms with E-state index in [1.807, 2.05) is 30.3 Å². The highest BCUT2D eigenvalue weighted by Crippen LogP contribution is 2.43. The lowest BCUT2D eigenvalue weighted by Crippen LogP contribution is -2.55. The van der Waals surface area contributed by atoms with Crippen molar-refractivity contribution >= 4 is 28.6 Å². The molecule has 10 heteroatoms. The summed E-state index contributed by atoms with van der Waals surface area (Å²) in [6, 6.07) is 9.30. The van der Waals surface area contributed by atoms with E-state index in [2.05, 4.69) is 74.7 Å². The molecule has 0 aromatic heterocycles. The molecule has 1 aromatic carbocycles. The average molecular weight is 652 g/mol. The molecule has 0 unspecified atom stereocenters. The third-order valence-corrected chi connectivity index (χ3v) is 19.4. The molecule has 1 aromatic rings. The first-order chi connectivity index (χ1) is 20.1. The number of nitrogens with zero attached hydrogens (tertiary/aromatic N) is 1. The molecule has 0 aliphatic carbocycles. The number of rotatable bonds is 15. The first-order valence-corrected chi connectivity index (χ1v) is 22.0. The van der Waals surface area contributed by atoms with Crippen LogP contribution in [0.2, 0.25) is 36.3 Å². The number of carbonyl (C=O) groups excluding carboxylic acids is 2. The third-order valence-electron chi connectivity index (χ3n) is 10.3. The van der Waals surface area contributed by atoms with Crippen molar-refractivity contribution in [1.82, 2.24) is 4.90 Å². The van der Waals surface area contributed by atoms with Crippen LogP contribution in [0.5, 0.6) is 0 Å². The number of aliphatic hydroxyl groups is 1. The summed E-state index contributed by atoms with van der Waals surface area (Å²) in [6.45, 7) is 26.8. The van der Waals surface area contributed by atoms with Crippen LogP contribution in [0.4, 0.5) is 4.79 Å². The predicted octanol–water partition coefficient (Wildman–Crippen LogP) is 7.56. The van der Waals surface area contributed by atoms with E-state index in [1.165, 1.54) is 4.90 Å². The summed E-state index contributed by atoms with van der Waals surface area (Å²) in [7, 11) is -2.52. The van der Waals surface area contributed by atoms with Gasteiger partial charge in [-0.3, -0.25) is 4.79 Å². The lowest BCUT2D eigenvalue weighted by Gasteiger charge is -2.48. The second kappa shape index (κ2) is 14.9. The fourth-order valence-electron chi connectivity index (χ4n) is 5.15. The van der Waals surface area contributed by atoms with E-state index in [0.29, 0.717) is 19.4 Å². The minimum atomic E-state index is -2.25. The summed E-state index contributed by atoms with van der Waals surface area (Å²) < 4.78 is 24.9. The summed E-state index contributed by atoms with van der Waals surface area (Å²) >= 11 is 0. The summed E-state index contributed by atoms with van der Waals surface area (Å²) in [5.41, 5.74) is 0.290. The number of imide groups is 1. The number of carbonyl (C=O) groups is 2. The number of aliphatic hydroxyl groups excluding tert-OH is 1. The minimum Gasteiger partial charge on any atom is -0.447 e. The first kappa shape index (κ1) is 38.6. The molecule has 1 heterocycles. The van der Waals surface area contributed by atoms with Gasteiger partial charge < -0.3 is 23.4 Å². The summed E-state index contributed by atoms with van der Waals surface area (Å²) in [5, 5.41) is 11.5. The van der Waals surface area contributed by atoms with E-state index in [-0.39, 0.29) is 23.1 Å². The molecular weight excluding hydrogens is 591 g/mol. The van der Waals surface area contributed by atoms with Crippen LogP contribution in [0.1, 0.15) is 80.2 Å². The van der Waals surface area contributed by atoms with Crippen molar-refractivity contribution < 1.29 is 33.0 Å². The zero-order valence-electron chi connectivity index (χ0n) is 29.8. The smallest absolute Gasteiger partial charge is 0.416 e. The minimum absolute atomic E-state index is 0.0318. The van der Waals surface area contributed by atoms with E-state index in [4.69, 9.17) is 18.3 Å². The number of cyclic esters (lactones) is 1. The van der Waals surface area contributed by atoms with Crippen LogP contribution in [0.3, 0.4) is 0 Å². The number of hydrogen-bond donors (Lipinski definition) is 1. The zero-order chi connectivity index (χ0) is 33.7. The van der Waals surface area contributed by atoms with E-state index in [1.54, 1.807) is 14.0 Å². The molecule has 252 valence electrons. The Balaban J connectivity index is 2.23. The Morgan fingerprint density at radius 1 is 1.02 bits per heavy atom. The molecule has 8 nitrogen and oxygen atoms in total. The number of benzene rings is 1. The van der Waals surface area contributed by atoms with E-state index in [9.17, 15) is 14.7 Å². The molecule has 0 spiro atoms. The molecule has 0 bridgehead atoms. The van der Waals surface area contributed by atoms with E-state index in [0.717, 1.165) is 12.0 Å². The quantitative estimate of drug-likeness (QED) is 0.154. The molecule has 5 atom stereocenters. The SMILES string of the molecule is CO[C@H](C[C@H](O)[C@@H](C)C(=O)N1C(=O)OC[C@H]1Cc1ccccc1)[C@@](C)(CCCO[Si](C)(C)C(C)(C)C)O[Si](C)(C)C(C)(C)C. The number of amides is 2. The van der Waals surface area contributed by atoms with E-state index >= 15 is 0 Å². The van der Waals surface area contributed by atoms with Gasteiger partial charge in [0.1, 0.15) is 6.61 Å². The van der Waals surface area contributed by atoms with Gasteiger partial charge >= 0.3 is 6.09 Å². The molecule has 2 amide bonds. The summed E-state index contributed by atoms with van der Waals surface area (Å²) in [6.07, 6.45) is -0.0565. The van der Waals surface area contributed by atoms with Crippen molar-refractivity contribution in [3.05, 3.63) is 35.9 Å². The van der Waals surface area contributed by atoms with Crippen LogP contribution >= 0.6 is 0 Å². The van der Waals surface area contributed by atoms with Gasteiger partial charge in [0, 0.05) is 20.1 Å². The highest BCUT2D eigenvalue weighted by atomic mass is 28.4. The van der Waals surface area contributed by atoms with Crippen LogP contribution in [-0.2, 0) is 29.5 Å². The molecule has 1 aliphatic heterocycles. The van der Waals surface area contributed by atoms with Gasteiger partial charge in [-0.15, -0.1) is 0 Å². The summed E-state index contributed by atoms with van der Waals surface area (Å²) in [4.78, 5) is 27.5. The molecule has 0 saturated carbocycles. The largest absolute Gasteiger partial charge is 0.447 e. The van der Waals surface area contributed by atoms with Crippen molar-refractivity contribution in [3.63, 3.8) is 0 Å². The number of hydrogen-bond acceptors (Lipinski definition) is 7. The first-order valence-electron chi connectivity index (χ1n) is 16.1. The van der Waals surface area contributed by atoms with Crippen LogP contribution in [0, 0.1) is 5.92 Å². The fraction of sp³-hybridized carbons (Fsp3) is 0.765. The van der Waals surface area contributed by atoms with Crippen LogP contribution in [0.25, 0.3) is 0 Å². The van der Waals surface area contributed by atoms with Crippen molar-refractivity contribution in [3.8, 4) is 0 Å². The van der Waals surface area contributed by atoms with Crippen LogP contribution in [0.15, 0.2) is 30.3 Å². The summed E-state index contributed by atoms with van der Waals surface area (Å²) in [5.74, 6) is -1.28. The maximum atomic E-state index is 13.7. The fourth-order valence-corrected chi connectivity index (χ4v) is 7.94. The molecule has 44 heavy (non-hydrogen) atoms. The Morgan fingerprint density at radius 2 is 1.59 bits per heavy atom. The van der Waals surface area contributed by atoms with Gasteiger partial charge in [-0.2, -0.15) is 0 Å². The average Bonchev–Trinajstić information content (AvgIpc) is 3.27. The van der Waals surface area contributed by atoms with Crippen molar-refractivity contribution in [2.45, 2.75) is 141 Å². The second-order valence-corrected chi connectivity index (χ2v) is 25.4. The van der Waals surface area contributed by atoms with Gasteiger partial charge in [-0.1, -0.05) is 78.8 Å². The molecule has 1 N–H and O–H groups in total. The lowest BCUT2D eigenvalue weighted by atomic mass is 9.86. The van der Waals surface area contributed by atoms with Crippen LogP contribution < -0.4 is 0 Å². The van der Waals surface area contributed by atoms with Gasteiger partial charge in [0.2, 0.25) is 5.91 Å². The highest BCUT2D eigenvalue weighted by Gasteiger charge is 2.48. The van der Waals surface area contributed by atoms with Gasteiger partial charge in [0.25, 0.3) is 0 Å². The van der Waals surface area contributed by atoms with Gasteiger partial charge in [-0.25, -0.2) is 9.69 Å². The molecular formula is C34H61NO7Si2. The Hall–Kier alpha value is -1.57. The lowest BCUT2D eigenvalue weighted by molar-refractivity contribution is -0.140. The Morgan fingerprint density at radius 3 is 2.11 bits per heavy atom. The zero-order valence-corrected chi connectivity index (χ0v) is 31.8. The van der Waals surface area contributed by atoms with Crippen molar-refractivity contribution in [2.75, 3.05) is 20.3 Å². The Kier molecular flexibility index (Phi) is 13.1. The van der Waals surface area contributed by atoms with Gasteiger partial charge in [0.05, 0.1) is 29.8 Å². The standard InChI is InChI=1S/C34H61NO7Si2/c1-25(30(37)35-27(24-40-31(35)38)22-26-18-15-14-16-19-26)28(36)23-29(39-9)34(8,42-44(12,13)33(5,6)7)20-17-21-41-43(10,11)32(2,3)4/h14-16,18-19,25,27-29,36H,17,20-24H2,1-13H3/t25-,27-,28+,29-,34-/m1/s1. The Bertz CT molecular complexity index is 1080. The Labute approximate surface area is 269 Å². The molecule has 1 saturated heterocycles. The topological polar surface area (TPSA) is 94.5 Å². The van der Waals surface area contributed by atoms with Gasteiger partial charge in [0.15, 0.2) is 16.6 Å². The van der Waals surface area contributed by atoms with Gasteiger partial charge in [-0.05, 0) is 68.0 Å². The monoisotopic (exact) mass is 651 g/mol.